The van der Waals surface area contributed by atoms with Gasteiger partial charge in [0.15, 0.2) is 0 Å². The van der Waals surface area contributed by atoms with E-state index in [1.54, 1.807) is 6.07 Å². The van der Waals surface area contributed by atoms with Crippen LogP contribution in [0.4, 0.5) is 5.82 Å². The third kappa shape index (κ3) is 3.39. The number of hydrogen-bond donors (Lipinski definition) is 2. The van der Waals surface area contributed by atoms with Crippen molar-refractivity contribution in [3.8, 4) is 5.95 Å². The molecule has 0 aromatic carbocycles. The quantitative estimate of drug-likeness (QED) is 0.902. The normalized spacial score (nSPS) is 13.8. The SMILES string of the molecule is Cc1cc(NC(=O)CC(C)(C)C)n(-c2nc3c(c(=O)[nH]2)CCC3)n1. The van der Waals surface area contributed by atoms with Crippen LogP contribution >= 0.6 is 0 Å². The molecule has 3 rings (SSSR count). The van der Waals surface area contributed by atoms with E-state index >= 15 is 0 Å². The highest BCUT2D eigenvalue weighted by Gasteiger charge is 2.21. The second-order valence-electron chi connectivity index (χ2n) is 7.54. The van der Waals surface area contributed by atoms with Crippen molar-refractivity contribution < 1.29 is 4.79 Å². The maximum Gasteiger partial charge on any atom is 0.255 e. The average Bonchev–Trinajstić information content (AvgIpc) is 3.03. The Balaban J connectivity index is 1.94. The number of anilines is 1. The Morgan fingerprint density at radius 3 is 2.83 bits per heavy atom. The van der Waals surface area contributed by atoms with Gasteiger partial charge in [-0.3, -0.25) is 14.6 Å². The number of aromatic nitrogens is 4. The van der Waals surface area contributed by atoms with Crippen molar-refractivity contribution >= 4 is 11.7 Å². The number of hydrogen-bond acceptors (Lipinski definition) is 4. The summed E-state index contributed by atoms with van der Waals surface area (Å²) >= 11 is 0. The molecule has 1 aliphatic carbocycles. The molecular formula is C17H23N5O2. The largest absolute Gasteiger partial charge is 0.310 e. The minimum Gasteiger partial charge on any atom is -0.310 e. The first-order chi connectivity index (χ1) is 11.2. The molecule has 0 spiro atoms. The summed E-state index contributed by atoms with van der Waals surface area (Å²) in [4.78, 5) is 31.8. The number of nitrogens with one attached hydrogen (secondary N) is 2. The van der Waals surface area contributed by atoms with Crippen LogP contribution in [0, 0.1) is 12.3 Å². The molecule has 7 heteroatoms. The molecule has 0 atom stereocenters. The molecule has 0 saturated carbocycles. The Labute approximate surface area is 140 Å². The molecule has 128 valence electrons. The van der Waals surface area contributed by atoms with Gasteiger partial charge in [-0.2, -0.15) is 9.78 Å². The summed E-state index contributed by atoms with van der Waals surface area (Å²) in [6, 6.07) is 1.77. The first-order valence-electron chi connectivity index (χ1n) is 8.22. The van der Waals surface area contributed by atoms with E-state index in [2.05, 4.69) is 20.4 Å². The fourth-order valence-corrected chi connectivity index (χ4v) is 2.95. The van der Waals surface area contributed by atoms with E-state index < -0.39 is 0 Å². The van der Waals surface area contributed by atoms with Crippen molar-refractivity contribution in [2.45, 2.75) is 53.4 Å². The Morgan fingerprint density at radius 1 is 1.38 bits per heavy atom. The smallest absolute Gasteiger partial charge is 0.255 e. The first-order valence-corrected chi connectivity index (χ1v) is 8.22. The van der Waals surface area contributed by atoms with Gasteiger partial charge in [0.05, 0.1) is 11.4 Å². The zero-order valence-electron chi connectivity index (χ0n) is 14.6. The van der Waals surface area contributed by atoms with E-state index in [9.17, 15) is 9.59 Å². The average molecular weight is 329 g/mol. The summed E-state index contributed by atoms with van der Waals surface area (Å²) in [6.07, 6.45) is 2.91. The molecule has 2 N–H and O–H groups in total. The number of nitrogens with zero attached hydrogens (tertiary/aromatic N) is 3. The van der Waals surface area contributed by atoms with Gasteiger partial charge in [-0.15, -0.1) is 0 Å². The van der Waals surface area contributed by atoms with Gasteiger partial charge in [0.2, 0.25) is 11.9 Å². The highest BCUT2D eigenvalue weighted by atomic mass is 16.1. The van der Waals surface area contributed by atoms with Crippen LogP contribution < -0.4 is 10.9 Å². The molecule has 24 heavy (non-hydrogen) atoms. The van der Waals surface area contributed by atoms with Crippen LogP contribution in [0.2, 0.25) is 0 Å². The lowest BCUT2D eigenvalue weighted by molar-refractivity contribution is -0.117. The number of aromatic amines is 1. The summed E-state index contributed by atoms with van der Waals surface area (Å²) in [5, 5.41) is 7.24. The standard InChI is InChI=1S/C17H23N5O2/c1-10-8-13(19-14(23)9-17(2,3)4)22(21-10)16-18-12-7-5-6-11(12)15(24)20-16/h8H,5-7,9H2,1-4H3,(H,19,23)(H,18,20,24). The van der Waals surface area contributed by atoms with Crippen molar-refractivity contribution in [1.29, 1.82) is 0 Å². The number of rotatable bonds is 3. The number of amides is 1. The third-order valence-corrected chi connectivity index (χ3v) is 3.92. The molecule has 2 aromatic rings. The number of H-pyrrole nitrogens is 1. The molecule has 0 unspecified atom stereocenters. The number of fused-ring (bicyclic) bond motifs is 1. The summed E-state index contributed by atoms with van der Waals surface area (Å²) < 4.78 is 1.50. The molecule has 2 heterocycles. The van der Waals surface area contributed by atoms with Crippen LogP contribution in [-0.4, -0.2) is 25.7 Å². The Hall–Kier alpha value is -2.44. The van der Waals surface area contributed by atoms with E-state index in [0.29, 0.717) is 18.2 Å². The zero-order valence-corrected chi connectivity index (χ0v) is 14.6. The van der Waals surface area contributed by atoms with Gasteiger partial charge in [0, 0.05) is 18.1 Å². The van der Waals surface area contributed by atoms with Gasteiger partial charge in [-0.05, 0) is 31.6 Å². The van der Waals surface area contributed by atoms with Gasteiger partial charge in [-0.25, -0.2) is 4.98 Å². The number of carbonyl (C=O) groups is 1. The van der Waals surface area contributed by atoms with Gasteiger partial charge in [-0.1, -0.05) is 20.8 Å². The molecule has 0 radical (unpaired) electrons. The maximum absolute atomic E-state index is 12.2. The van der Waals surface area contributed by atoms with E-state index in [1.807, 2.05) is 27.7 Å². The lowest BCUT2D eigenvalue weighted by Gasteiger charge is -2.17. The fraction of sp³-hybridized carbons (Fsp3) is 0.529. The van der Waals surface area contributed by atoms with Crippen molar-refractivity contribution in [2.75, 3.05) is 5.32 Å². The molecule has 2 aromatic heterocycles. The van der Waals surface area contributed by atoms with Crippen molar-refractivity contribution in [3.63, 3.8) is 0 Å². The van der Waals surface area contributed by atoms with E-state index in [0.717, 1.165) is 36.2 Å². The first kappa shape index (κ1) is 16.4. The molecule has 0 bridgehead atoms. The predicted molar refractivity (Wildman–Crippen MR) is 91.4 cm³/mol. The van der Waals surface area contributed by atoms with Gasteiger partial charge in [0.25, 0.3) is 5.56 Å². The molecule has 7 nitrogen and oxygen atoms in total. The van der Waals surface area contributed by atoms with E-state index in [1.165, 1.54) is 4.68 Å². The number of carbonyl (C=O) groups excluding carboxylic acids is 1. The maximum atomic E-state index is 12.2. The van der Waals surface area contributed by atoms with Gasteiger partial charge >= 0.3 is 0 Å². The monoisotopic (exact) mass is 329 g/mol. The molecule has 0 saturated heterocycles. The van der Waals surface area contributed by atoms with E-state index in [4.69, 9.17) is 0 Å². The fourth-order valence-electron chi connectivity index (χ4n) is 2.95. The summed E-state index contributed by atoms with van der Waals surface area (Å²) in [7, 11) is 0. The Kier molecular flexibility index (Phi) is 4.03. The Morgan fingerprint density at radius 2 is 2.12 bits per heavy atom. The second-order valence-corrected chi connectivity index (χ2v) is 7.54. The van der Waals surface area contributed by atoms with Crippen molar-refractivity contribution in [3.05, 3.63) is 33.4 Å². The highest BCUT2D eigenvalue weighted by molar-refractivity contribution is 5.90. The van der Waals surface area contributed by atoms with E-state index in [-0.39, 0.29) is 16.9 Å². The molecular weight excluding hydrogens is 306 g/mol. The van der Waals surface area contributed by atoms with Gasteiger partial charge < -0.3 is 5.32 Å². The van der Waals surface area contributed by atoms with Crippen LogP contribution in [0.5, 0.6) is 0 Å². The van der Waals surface area contributed by atoms with Gasteiger partial charge in [0.1, 0.15) is 5.82 Å². The number of aryl methyl sites for hydroxylation is 2. The summed E-state index contributed by atoms with van der Waals surface area (Å²) in [6.45, 7) is 7.86. The third-order valence-electron chi connectivity index (χ3n) is 3.92. The molecule has 0 aliphatic heterocycles. The van der Waals surface area contributed by atoms with Crippen LogP contribution in [0.1, 0.15) is 50.6 Å². The lowest BCUT2D eigenvalue weighted by Crippen LogP contribution is -2.23. The molecule has 1 aliphatic rings. The predicted octanol–water partition coefficient (Wildman–Crippen LogP) is 2.13. The summed E-state index contributed by atoms with van der Waals surface area (Å²) in [5.41, 5.74) is 2.11. The zero-order chi connectivity index (χ0) is 17.5. The van der Waals surface area contributed by atoms with Crippen LogP contribution in [0.25, 0.3) is 5.95 Å². The topological polar surface area (TPSA) is 92.7 Å². The highest BCUT2D eigenvalue weighted by Crippen LogP contribution is 2.22. The van der Waals surface area contributed by atoms with Crippen LogP contribution in [-0.2, 0) is 17.6 Å². The molecule has 0 fully saturated rings. The lowest BCUT2D eigenvalue weighted by atomic mass is 9.92. The second kappa shape index (κ2) is 5.89. The van der Waals surface area contributed by atoms with Crippen LogP contribution in [0.15, 0.2) is 10.9 Å². The Bertz CT molecular complexity index is 842. The van der Waals surface area contributed by atoms with Crippen molar-refractivity contribution in [2.24, 2.45) is 5.41 Å². The van der Waals surface area contributed by atoms with Crippen LogP contribution in [0.3, 0.4) is 0 Å². The van der Waals surface area contributed by atoms with Crippen molar-refractivity contribution in [1.82, 2.24) is 19.7 Å². The minimum absolute atomic E-state index is 0.0906. The molecule has 1 amide bonds. The summed E-state index contributed by atoms with van der Waals surface area (Å²) in [5.74, 6) is 0.773. The minimum atomic E-state index is -0.118.